The van der Waals surface area contributed by atoms with Gasteiger partial charge in [0.15, 0.2) is 0 Å². The molecule has 0 saturated heterocycles. The quantitative estimate of drug-likeness (QED) is 0.544. The predicted molar refractivity (Wildman–Crippen MR) is 116 cm³/mol. The van der Waals surface area contributed by atoms with Crippen molar-refractivity contribution in [3.05, 3.63) is 18.2 Å². The van der Waals surface area contributed by atoms with Crippen LogP contribution in [-0.2, 0) is 0 Å². The zero-order valence-corrected chi connectivity index (χ0v) is 19.9. The van der Waals surface area contributed by atoms with Gasteiger partial charge in [0.2, 0.25) is 0 Å². The first-order valence-corrected chi connectivity index (χ1v) is 11.7. The number of rotatable bonds is 2. The van der Waals surface area contributed by atoms with Crippen molar-refractivity contribution >= 4 is 26.7 Å². The van der Waals surface area contributed by atoms with Gasteiger partial charge >= 0.3 is 0 Å². The maximum Gasteiger partial charge on any atom is 0.0648 e. The Morgan fingerprint density at radius 3 is 1.00 bits per heavy atom. The zero-order valence-electron chi connectivity index (χ0n) is 18.1. The van der Waals surface area contributed by atoms with Gasteiger partial charge in [0, 0.05) is 0 Å². The van der Waals surface area contributed by atoms with E-state index in [-0.39, 0.29) is 36.5 Å². The Morgan fingerprint density at radius 2 is 0.792 bits per heavy atom. The van der Waals surface area contributed by atoms with Gasteiger partial charge in [-0.3, -0.25) is 0 Å². The van der Waals surface area contributed by atoms with Crippen molar-refractivity contribution in [1.29, 1.82) is 0 Å². The van der Waals surface area contributed by atoms with Crippen molar-refractivity contribution in [1.82, 2.24) is 4.98 Å². The first kappa shape index (κ1) is 22.1. The highest BCUT2D eigenvalue weighted by Gasteiger charge is 2.39. The molecule has 0 aliphatic rings. The summed E-state index contributed by atoms with van der Waals surface area (Å²) in [5, 5.41) is 1.02. The summed E-state index contributed by atoms with van der Waals surface area (Å²) >= 11 is 0. The van der Waals surface area contributed by atoms with Gasteiger partial charge in [-0.05, 0) is 48.6 Å². The van der Waals surface area contributed by atoms with Crippen molar-refractivity contribution in [2.45, 2.75) is 104 Å². The van der Waals surface area contributed by atoms with E-state index in [2.05, 4.69) is 101 Å². The molecule has 0 radical (unpaired) electrons. The Bertz CT molecular complexity index is 476. The summed E-state index contributed by atoms with van der Waals surface area (Å²) in [4.78, 5) is 5.30. The molecule has 0 bridgehead atoms. The van der Waals surface area contributed by atoms with Gasteiger partial charge in [-0.1, -0.05) is 89.2 Å². The topological polar surface area (TPSA) is 12.9 Å². The van der Waals surface area contributed by atoms with Crippen molar-refractivity contribution in [2.75, 3.05) is 0 Å². The van der Waals surface area contributed by atoms with E-state index in [9.17, 15) is 0 Å². The smallest absolute Gasteiger partial charge is 0.0648 e. The number of aromatic nitrogens is 1. The summed E-state index contributed by atoms with van der Waals surface area (Å²) in [7, 11) is -0.703. The lowest BCUT2D eigenvalue weighted by molar-refractivity contribution is 0.712. The molecule has 138 valence electrons. The third-order valence-corrected chi connectivity index (χ3v) is 10.6. The van der Waals surface area contributed by atoms with Gasteiger partial charge < -0.3 is 0 Å². The van der Waals surface area contributed by atoms with E-state index in [1.165, 1.54) is 10.9 Å². The molecule has 0 N–H and O–H groups in total. The minimum absolute atomic E-state index is 0.255. The maximum atomic E-state index is 5.30. The molecule has 0 fully saturated rings. The predicted octanol–water partition coefficient (Wildman–Crippen LogP) is 6.49. The highest BCUT2D eigenvalue weighted by Crippen LogP contribution is 2.59. The van der Waals surface area contributed by atoms with Gasteiger partial charge in [-0.2, -0.15) is 0 Å². The van der Waals surface area contributed by atoms with Crippen molar-refractivity contribution in [3.8, 4) is 0 Å². The minimum Gasteiger partial charge on any atom is -0.248 e. The van der Waals surface area contributed by atoms with Crippen molar-refractivity contribution < 1.29 is 0 Å². The van der Waals surface area contributed by atoms with E-state index in [4.69, 9.17) is 4.98 Å². The van der Waals surface area contributed by atoms with E-state index in [0.29, 0.717) is 0 Å². The SMILES string of the molecule is CC(C)(C)P(c1cccc(P(C(C)(C)C)C(C)(C)C)n1)C(C)(C)C. The molecule has 0 amide bonds. The standard InChI is InChI=1S/C21H39NP2/c1-18(2,3)23(19(4,5)6)16-14-13-15-17(22-16)24(20(7,8)9)21(10,11)12/h13-15H,1-12H3. The molecular formula is C21H39NP2. The summed E-state index contributed by atoms with van der Waals surface area (Å²) in [5.74, 6) is 0. The fourth-order valence-corrected chi connectivity index (χ4v) is 11.8. The number of pyridine rings is 1. The molecule has 3 heteroatoms. The normalized spacial score (nSPS) is 14.6. The molecule has 1 heterocycles. The van der Waals surface area contributed by atoms with Crippen molar-refractivity contribution in [2.24, 2.45) is 0 Å². The lowest BCUT2D eigenvalue weighted by atomic mass is 10.2. The Morgan fingerprint density at radius 1 is 0.542 bits per heavy atom. The second-order valence-electron chi connectivity index (χ2n) is 10.7. The van der Waals surface area contributed by atoms with Gasteiger partial charge in [0.25, 0.3) is 0 Å². The minimum atomic E-state index is -0.351. The van der Waals surface area contributed by atoms with Crippen LogP contribution in [0.4, 0.5) is 0 Å². The fraction of sp³-hybridized carbons (Fsp3) is 0.762. The molecule has 1 aromatic rings. The molecule has 0 saturated carbocycles. The fourth-order valence-electron chi connectivity index (χ4n) is 4.05. The van der Waals surface area contributed by atoms with Crippen LogP contribution in [0.5, 0.6) is 0 Å². The van der Waals surface area contributed by atoms with Crippen LogP contribution in [0.2, 0.25) is 0 Å². The van der Waals surface area contributed by atoms with Gasteiger partial charge in [0.05, 0.1) is 10.9 Å². The third kappa shape index (κ3) is 5.51. The number of hydrogen-bond acceptors (Lipinski definition) is 1. The first-order valence-electron chi connectivity index (χ1n) is 9.03. The second-order valence-corrected chi connectivity index (χ2v) is 18.3. The van der Waals surface area contributed by atoms with Crippen LogP contribution in [0.1, 0.15) is 83.1 Å². The lowest BCUT2D eigenvalue weighted by Gasteiger charge is -2.43. The molecule has 0 aliphatic carbocycles. The van der Waals surface area contributed by atoms with E-state index in [0.717, 1.165) is 0 Å². The summed E-state index contributed by atoms with van der Waals surface area (Å²) in [6, 6.07) is 6.78. The van der Waals surface area contributed by atoms with Crippen LogP contribution in [0.15, 0.2) is 18.2 Å². The lowest BCUT2D eigenvalue weighted by Crippen LogP contribution is -2.37. The van der Waals surface area contributed by atoms with Crippen LogP contribution in [0.25, 0.3) is 0 Å². The summed E-state index contributed by atoms with van der Waals surface area (Å²) in [6.45, 7) is 28.4. The van der Waals surface area contributed by atoms with Crippen LogP contribution in [0.3, 0.4) is 0 Å². The molecule has 0 atom stereocenters. The monoisotopic (exact) mass is 367 g/mol. The van der Waals surface area contributed by atoms with E-state index in [1.54, 1.807) is 0 Å². The van der Waals surface area contributed by atoms with Crippen molar-refractivity contribution in [3.63, 3.8) is 0 Å². The summed E-state index contributed by atoms with van der Waals surface area (Å²) < 4.78 is 0. The zero-order chi connectivity index (χ0) is 19.1. The van der Waals surface area contributed by atoms with E-state index < -0.39 is 0 Å². The van der Waals surface area contributed by atoms with Crippen LogP contribution < -0.4 is 10.9 Å². The van der Waals surface area contributed by atoms with E-state index in [1.807, 2.05) is 0 Å². The Balaban J connectivity index is 3.51. The molecule has 0 spiro atoms. The largest absolute Gasteiger partial charge is 0.248 e. The maximum absolute atomic E-state index is 5.30. The van der Waals surface area contributed by atoms with Crippen LogP contribution in [0, 0.1) is 0 Å². The molecule has 1 nitrogen and oxygen atoms in total. The van der Waals surface area contributed by atoms with Gasteiger partial charge in [0.1, 0.15) is 0 Å². The van der Waals surface area contributed by atoms with Crippen LogP contribution in [-0.4, -0.2) is 25.6 Å². The molecule has 0 unspecified atom stereocenters. The molecular weight excluding hydrogens is 328 g/mol. The summed E-state index contributed by atoms with van der Waals surface area (Å²) in [6.07, 6.45) is 0. The second kappa shape index (κ2) is 6.96. The molecule has 24 heavy (non-hydrogen) atoms. The van der Waals surface area contributed by atoms with Gasteiger partial charge in [-0.25, -0.2) is 4.98 Å². The molecule has 0 aromatic carbocycles. The molecule has 0 aliphatic heterocycles. The van der Waals surface area contributed by atoms with E-state index >= 15 is 0 Å². The van der Waals surface area contributed by atoms with Crippen LogP contribution >= 0.6 is 15.8 Å². The average molecular weight is 367 g/mol. The number of hydrogen-bond donors (Lipinski definition) is 0. The molecule has 1 rings (SSSR count). The first-order chi connectivity index (χ1) is 10.5. The third-order valence-electron chi connectivity index (χ3n) is 3.86. The Labute approximate surface area is 153 Å². The Kier molecular flexibility index (Phi) is 6.40. The van der Waals surface area contributed by atoms with Gasteiger partial charge in [-0.15, -0.1) is 0 Å². The average Bonchev–Trinajstić information content (AvgIpc) is 2.20. The Hall–Kier alpha value is 0.01000. The summed E-state index contributed by atoms with van der Waals surface area (Å²) in [5.41, 5.74) is 2.65. The highest BCUT2D eigenvalue weighted by atomic mass is 31.1. The number of nitrogens with zero attached hydrogens (tertiary/aromatic N) is 1. The molecule has 1 aromatic heterocycles. The highest BCUT2D eigenvalue weighted by molar-refractivity contribution is 7.69.